The predicted molar refractivity (Wildman–Crippen MR) is 99.1 cm³/mol. The average molecular weight is 462 g/mol. The Bertz CT molecular complexity index is 904. The second kappa shape index (κ2) is 8.46. The summed E-state index contributed by atoms with van der Waals surface area (Å²) in [5.74, 6) is -0.414. The summed E-state index contributed by atoms with van der Waals surface area (Å²) in [7, 11) is 0. The van der Waals surface area contributed by atoms with E-state index in [-0.39, 0.29) is 23.1 Å². The normalized spacial score (nSPS) is 11.2. The van der Waals surface area contributed by atoms with Crippen LogP contribution in [0.1, 0.15) is 29.8 Å². The fraction of sp³-hybridized carbons (Fsp3) is 0.235. The minimum atomic E-state index is -4.73. The molecule has 2 aromatic rings. The number of nitro groups is 1. The van der Waals surface area contributed by atoms with Crippen molar-refractivity contribution in [3.8, 4) is 5.75 Å². The Morgan fingerprint density at radius 1 is 1.21 bits per heavy atom. The van der Waals surface area contributed by atoms with E-state index in [2.05, 4.69) is 26.8 Å². The molecule has 0 aromatic heterocycles. The smallest absolute Gasteiger partial charge is 0.416 e. The zero-order valence-corrected chi connectivity index (χ0v) is 16.2. The van der Waals surface area contributed by atoms with Crippen LogP contribution in [0.2, 0.25) is 0 Å². The van der Waals surface area contributed by atoms with E-state index < -0.39 is 28.3 Å². The number of nitrogens with one attached hydrogen (secondary N) is 2. The van der Waals surface area contributed by atoms with E-state index in [1.165, 1.54) is 6.07 Å². The number of carbonyl (C=O) groups is 1. The first-order chi connectivity index (χ1) is 13.0. The number of halogens is 4. The third-order valence-corrected chi connectivity index (χ3v) is 3.88. The fourth-order valence-electron chi connectivity index (χ4n) is 2.19. The van der Waals surface area contributed by atoms with Crippen LogP contribution in [0.5, 0.6) is 5.75 Å². The topological polar surface area (TPSA) is 93.5 Å². The van der Waals surface area contributed by atoms with Gasteiger partial charge in [0.15, 0.2) is 0 Å². The molecular formula is C17H15BrF3N3O4. The van der Waals surface area contributed by atoms with Gasteiger partial charge in [0.2, 0.25) is 0 Å². The molecule has 0 heterocycles. The van der Waals surface area contributed by atoms with Gasteiger partial charge in [-0.2, -0.15) is 13.2 Å². The first kappa shape index (κ1) is 21.5. The molecule has 7 nitrogen and oxygen atoms in total. The summed E-state index contributed by atoms with van der Waals surface area (Å²) in [6, 6.07) is 6.59. The van der Waals surface area contributed by atoms with Crippen molar-refractivity contribution in [2.24, 2.45) is 0 Å². The Hall–Kier alpha value is -2.82. The third-order valence-electron chi connectivity index (χ3n) is 3.38. The molecule has 2 rings (SSSR count). The summed E-state index contributed by atoms with van der Waals surface area (Å²) >= 11 is 3.27. The maximum atomic E-state index is 12.7. The van der Waals surface area contributed by atoms with Crippen LogP contribution in [-0.4, -0.2) is 16.9 Å². The zero-order chi connectivity index (χ0) is 21.1. The van der Waals surface area contributed by atoms with Crippen molar-refractivity contribution in [3.05, 3.63) is 62.1 Å². The molecule has 0 atom stereocenters. The lowest BCUT2D eigenvalue weighted by Gasteiger charge is -2.15. The maximum Gasteiger partial charge on any atom is 0.416 e. The third kappa shape index (κ3) is 5.35. The number of ether oxygens (including phenoxy) is 1. The monoisotopic (exact) mass is 461 g/mol. The summed E-state index contributed by atoms with van der Waals surface area (Å²) in [6.07, 6.45) is -4.95. The van der Waals surface area contributed by atoms with Crippen LogP contribution >= 0.6 is 15.9 Å². The van der Waals surface area contributed by atoms with Gasteiger partial charge in [0, 0.05) is 10.5 Å². The van der Waals surface area contributed by atoms with Gasteiger partial charge in [-0.1, -0.05) is 15.9 Å². The van der Waals surface area contributed by atoms with Gasteiger partial charge in [-0.05, 0) is 44.2 Å². The number of alkyl halides is 3. The van der Waals surface area contributed by atoms with E-state index in [1.807, 2.05) is 0 Å². The van der Waals surface area contributed by atoms with Gasteiger partial charge in [0.05, 0.1) is 22.2 Å². The number of nitrogens with zero attached hydrogens (tertiary/aromatic N) is 1. The van der Waals surface area contributed by atoms with Gasteiger partial charge in [0.1, 0.15) is 11.4 Å². The summed E-state index contributed by atoms with van der Waals surface area (Å²) in [5.41, 5.74) is 2.37. The molecule has 0 aliphatic carbocycles. The number of amides is 1. The largest absolute Gasteiger partial charge is 0.490 e. The molecule has 0 spiro atoms. The highest BCUT2D eigenvalue weighted by atomic mass is 79.9. The van der Waals surface area contributed by atoms with Gasteiger partial charge in [-0.25, -0.2) is 0 Å². The van der Waals surface area contributed by atoms with Gasteiger partial charge in [-0.3, -0.25) is 25.8 Å². The molecule has 28 heavy (non-hydrogen) atoms. The molecule has 150 valence electrons. The number of hydrogen-bond acceptors (Lipinski definition) is 5. The lowest BCUT2D eigenvalue weighted by Crippen LogP contribution is -2.30. The van der Waals surface area contributed by atoms with Crippen LogP contribution in [0.15, 0.2) is 40.9 Å². The second-order valence-corrected chi connectivity index (χ2v) is 6.79. The molecule has 0 aliphatic heterocycles. The second-order valence-electron chi connectivity index (χ2n) is 5.87. The first-order valence-electron chi connectivity index (χ1n) is 7.87. The SMILES string of the molecule is CC(C)Oc1cc(Br)ccc1C(=O)NNc1ccc(C(F)(F)F)cc1[N+](=O)[O-]. The number of hydrogen-bond donors (Lipinski definition) is 2. The zero-order valence-electron chi connectivity index (χ0n) is 14.6. The minimum Gasteiger partial charge on any atom is -0.490 e. The summed E-state index contributed by atoms with van der Waals surface area (Å²) in [4.78, 5) is 22.5. The van der Waals surface area contributed by atoms with E-state index in [0.29, 0.717) is 16.6 Å². The highest BCUT2D eigenvalue weighted by Crippen LogP contribution is 2.34. The number of benzene rings is 2. The van der Waals surface area contributed by atoms with Gasteiger partial charge >= 0.3 is 6.18 Å². The molecule has 11 heteroatoms. The highest BCUT2D eigenvalue weighted by Gasteiger charge is 2.33. The maximum absolute atomic E-state index is 12.7. The van der Waals surface area contributed by atoms with Crippen molar-refractivity contribution >= 4 is 33.2 Å². The van der Waals surface area contributed by atoms with Crippen molar-refractivity contribution < 1.29 is 27.6 Å². The van der Waals surface area contributed by atoms with Crippen molar-refractivity contribution in [3.63, 3.8) is 0 Å². The molecule has 0 aliphatic rings. The molecule has 2 aromatic carbocycles. The Labute approximate surface area is 166 Å². The Kier molecular flexibility index (Phi) is 6.49. The van der Waals surface area contributed by atoms with E-state index >= 15 is 0 Å². The van der Waals surface area contributed by atoms with Gasteiger partial charge < -0.3 is 4.74 Å². The van der Waals surface area contributed by atoms with Crippen molar-refractivity contribution in [1.29, 1.82) is 0 Å². The number of rotatable bonds is 6. The molecule has 0 radical (unpaired) electrons. The molecule has 0 saturated carbocycles. The number of anilines is 1. The predicted octanol–water partition coefficient (Wildman–Crippen LogP) is 4.92. The average Bonchev–Trinajstić information content (AvgIpc) is 2.58. The Morgan fingerprint density at radius 3 is 2.46 bits per heavy atom. The standard InChI is InChI=1S/C17H15BrF3N3O4/c1-9(2)28-15-8-11(18)4-5-12(15)16(25)23-22-13-6-3-10(17(19,20)21)7-14(13)24(26)27/h3-9,22H,1-2H3,(H,23,25). The first-order valence-corrected chi connectivity index (χ1v) is 8.66. The summed E-state index contributed by atoms with van der Waals surface area (Å²) < 4.78 is 44.5. The van der Waals surface area contributed by atoms with E-state index in [1.54, 1.807) is 26.0 Å². The Balaban J connectivity index is 2.25. The van der Waals surface area contributed by atoms with Crippen molar-refractivity contribution in [2.75, 3.05) is 5.43 Å². The quantitative estimate of drug-likeness (QED) is 0.470. The lowest BCUT2D eigenvalue weighted by atomic mass is 10.1. The van der Waals surface area contributed by atoms with Crippen LogP contribution < -0.4 is 15.6 Å². The van der Waals surface area contributed by atoms with Crippen molar-refractivity contribution in [1.82, 2.24) is 5.43 Å². The molecule has 0 bridgehead atoms. The fourth-order valence-corrected chi connectivity index (χ4v) is 2.53. The molecule has 0 saturated heterocycles. The van der Waals surface area contributed by atoms with Crippen LogP contribution in [-0.2, 0) is 6.18 Å². The van der Waals surface area contributed by atoms with Gasteiger partial charge in [-0.15, -0.1) is 0 Å². The van der Waals surface area contributed by atoms with Crippen LogP contribution in [0, 0.1) is 10.1 Å². The van der Waals surface area contributed by atoms with E-state index in [9.17, 15) is 28.1 Å². The molecule has 2 N–H and O–H groups in total. The molecular weight excluding hydrogens is 447 g/mol. The van der Waals surface area contributed by atoms with Crippen LogP contribution in [0.4, 0.5) is 24.5 Å². The van der Waals surface area contributed by atoms with Crippen LogP contribution in [0.3, 0.4) is 0 Å². The number of hydrazine groups is 1. The lowest BCUT2D eigenvalue weighted by molar-refractivity contribution is -0.384. The Morgan fingerprint density at radius 2 is 1.89 bits per heavy atom. The molecule has 1 amide bonds. The number of nitro benzene ring substituents is 1. The summed E-state index contributed by atoms with van der Waals surface area (Å²) in [5, 5.41) is 11.1. The molecule has 0 fully saturated rings. The molecule has 0 unspecified atom stereocenters. The van der Waals surface area contributed by atoms with E-state index in [0.717, 1.165) is 6.07 Å². The minimum absolute atomic E-state index is 0.138. The highest BCUT2D eigenvalue weighted by molar-refractivity contribution is 9.10. The van der Waals surface area contributed by atoms with Gasteiger partial charge in [0.25, 0.3) is 11.6 Å². The summed E-state index contributed by atoms with van der Waals surface area (Å²) in [6.45, 7) is 3.54. The number of carbonyl (C=O) groups excluding carboxylic acids is 1. The van der Waals surface area contributed by atoms with E-state index in [4.69, 9.17) is 4.74 Å². The van der Waals surface area contributed by atoms with Crippen molar-refractivity contribution in [2.45, 2.75) is 26.1 Å². The van der Waals surface area contributed by atoms with Crippen LogP contribution in [0.25, 0.3) is 0 Å².